The molecular formula is C14H21N3O4. The van der Waals surface area contributed by atoms with Crippen molar-refractivity contribution >= 4 is 11.9 Å². The molecule has 0 saturated heterocycles. The molecule has 116 valence electrons. The summed E-state index contributed by atoms with van der Waals surface area (Å²) in [5.74, 6) is 0.162. The maximum absolute atomic E-state index is 11.7. The van der Waals surface area contributed by atoms with Gasteiger partial charge in [0, 0.05) is 25.3 Å². The molecular weight excluding hydrogens is 274 g/mol. The summed E-state index contributed by atoms with van der Waals surface area (Å²) in [5.41, 5.74) is 0. The zero-order valence-corrected chi connectivity index (χ0v) is 12.2. The number of carbonyl (C=O) groups is 2. The highest BCUT2D eigenvalue weighted by molar-refractivity contribution is 5.77. The molecule has 7 nitrogen and oxygen atoms in total. The number of carbonyl (C=O) groups excluding carboxylic acids is 1. The topological polar surface area (TPSA) is 105 Å². The fourth-order valence-electron chi connectivity index (χ4n) is 2.35. The van der Waals surface area contributed by atoms with Gasteiger partial charge in [-0.2, -0.15) is 4.98 Å². The Hall–Kier alpha value is -1.92. The molecule has 1 amide bonds. The van der Waals surface area contributed by atoms with E-state index in [1.54, 1.807) is 0 Å². The van der Waals surface area contributed by atoms with E-state index in [4.69, 9.17) is 9.63 Å². The fourth-order valence-corrected chi connectivity index (χ4v) is 2.35. The molecule has 1 fully saturated rings. The number of rotatable bonds is 8. The van der Waals surface area contributed by atoms with Crippen LogP contribution in [0.1, 0.15) is 50.7 Å². The molecule has 1 aromatic rings. The van der Waals surface area contributed by atoms with E-state index in [1.165, 1.54) is 0 Å². The lowest BCUT2D eigenvalue weighted by atomic mass is 9.80. The van der Waals surface area contributed by atoms with E-state index in [0.717, 1.165) is 12.8 Å². The van der Waals surface area contributed by atoms with Crippen molar-refractivity contribution < 1.29 is 19.2 Å². The van der Waals surface area contributed by atoms with Crippen LogP contribution < -0.4 is 5.32 Å². The number of nitrogens with zero attached hydrogens (tertiary/aromatic N) is 2. The van der Waals surface area contributed by atoms with Gasteiger partial charge in [-0.25, -0.2) is 0 Å². The summed E-state index contributed by atoms with van der Waals surface area (Å²) in [6.45, 7) is 2.05. The van der Waals surface area contributed by atoms with E-state index in [0.29, 0.717) is 43.8 Å². The molecule has 0 aromatic carbocycles. The third kappa shape index (κ3) is 4.54. The first-order chi connectivity index (χ1) is 10.1. The van der Waals surface area contributed by atoms with Crippen molar-refractivity contribution in [2.75, 3.05) is 0 Å². The highest BCUT2D eigenvalue weighted by Crippen LogP contribution is 2.27. The summed E-state index contributed by atoms with van der Waals surface area (Å²) < 4.78 is 5.09. The second kappa shape index (κ2) is 7.19. The smallest absolute Gasteiger partial charge is 0.306 e. The van der Waals surface area contributed by atoms with Crippen LogP contribution in [0.2, 0.25) is 0 Å². The van der Waals surface area contributed by atoms with E-state index >= 15 is 0 Å². The van der Waals surface area contributed by atoms with Gasteiger partial charge in [-0.05, 0) is 25.7 Å². The van der Waals surface area contributed by atoms with Gasteiger partial charge in [-0.3, -0.25) is 9.59 Å². The lowest BCUT2D eigenvalue weighted by molar-refractivity contribution is -0.146. The molecule has 1 heterocycles. The minimum Gasteiger partial charge on any atom is -0.481 e. The minimum atomic E-state index is -0.778. The zero-order valence-electron chi connectivity index (χ0n) is 12.2. The van der Waals surface area contributed by atoms with Crippen molar-refractivity contribution in [3.05, 3.63) is 11.7 Å². The van der Waals surface area contributed by atoms with Crippen LogP contribution in [0.4, 0.5) is 0 Å². The molecule has 0 radical (unpaired) electrons. The van der Waals surface area contributed by atoms with Gasteiger partial charge < -0.3 is 14.9 Å². The first kappa shape index (κ1) is 15.5. The normalized spacial score (nSPS) is 20.8. The number of aliphatic carboxylic acids is 1. The number of amides is 1. The largest absolute Gasteiger partial charge is 0.481 e. The average molecular weight is 295 g/mol. The molecule has 0 bridgehead atoms. The van der Waals surface area contributed by atoms with Crippen LogP contribution in [0.15, 0.2) is 4.52 Å². The summed E-state index contributed by atoms with van der Waals surface area (Å²) in [6, 6.07) is 0.0122. The van der Waals surface area contributed by atoms with E-state index in [2.05, 4.69) is 22.4 Å². The van der Waals surface area contributed by atoms with Crippen molar-refractivity contribution in [2.45, 2.75) is 57.9 Å². The highest BCUT2D eigenvalue weighted by Gasteiger charge is 2.35. The Morgan fingerprint density at radius 1 is 1.38 bits per heavy atom. The Morgan fingerprint density at radius 3 is 2.81 bits per heavy atom. The molecule has 21 heavy (non-hydrogen) atoms. The van der Waals surface area contributed by atoms with Crippen molar-refractivity contribution in [3.63, 3.8) is 0 Å². The van der Waals surface area contributed by atoms with Gasteiger partial charge >= 0.3 is 5.97 Å². The van der Waals surface area contributed by atoms with Crippen LogP contribution in [-0.4, -0.2) is 33.2 Å². The number of aryl methyl sites for hydroxylation is 2. The third-order valence-electron chi connectivity index (χ3n) is 3.63. The van der Waals surface area contributed by atoms with Crippen LogP contribution in [0.5, 0.6) is 0 Å². The molecule has 0 atom stereocenters. The maximum atomic E-state index is 11.7. The second-order valence-electron chi connectivity index (χ2n) is 5.48. The van der Waals surface area contributed by atoms with Gasteiger partial charge in [0.1, 0.15) is 0 Å². The molecule has 2 rings (SSSR count). The summed E-state index contributed by atoms with van der Waals surface area (Å²) in [4.78, 5) is 26.6. The average Bonchev–Trinajstić information content (AvgIpc) is 2.81. The van der Waals surface area contributed by atoms with Crippen LogP contribution in [0, 0.1) is 5.92 Å². The molecule has 0 aliphatic heterocycles. The summed E-state index contributed by atoms with van der Waals surface area (Å²) >= 11 is 0. The SMILES string of the molecule is CCCc1noc(CCCC(=O)NC2CC(C(=O)O)C2)n1. The van der Waals surface area contributed by atoms with Crippen molar-refractivity contribution in [1.29, 1.82) is 0 Å². The van der Waals surface area contributed by atoms with Crippen LogP contribution >= 0.6 is 0 Å². The Morgan fingerprint density at radius 2 is 2.14 bits per heavy atom. The van der Waals surface area contributed by atoms with Gasteiger partial charge in [0.15, 0.2) is 5.82 Å². The van der Waals surface area contributed by atoms with Gasteiger partial charge in [0.05, 0.1) is 5.92 Å². The van der Waals surface area contributed by atoms with E-state index in [1.807, 2.05) is 0 Å². The Labute approximate surface area is 123 Å². The highest BCUT2D eigenvalue weighted by atomic mass is 16.5. The second-order valence-corrected chi connectivity index (χ2v) is 5.48. The van der Waals surface area contributed by atoms with Crippen molar-refractivity contribution in [3.8, 4) is 0 Å². The molecule has 0 unspecified atom stereocenters. The van der Waals surface area contributed by atoms with E-state index in [9.17, 15) is 9.59 Å². The van der Waals surface area contributed by atoms with E-state index < -0.39 is 5.97 Å². The minimum absolute atomic E-state index is 0.0122. The Balaban J connectivity index is 1.60. The molecule has 2 N–H and O–H groups in total. The lowest BCUT2D eigenvalue weighted by Crippen LogP contribution is -2.46. The van der Waals surface area contributed by atoms with Gasteiger partial charge in [0.25, 0.3) is 0 Å². The fraction of sp³-hybridized carbons (Fsp3) is 0.714. The number of carboxylic acids is 1. The van der Waals surface area contributed by atoms with Crippen LogP contribution in [-0.2, 0) is 22.4 Å². The first-order valence-corrected chi connectivity index (χ1v) is 7.42. The van der Waals surface area contributed by atoms with Gasteiger partial charge in [0.2, 0.25) is 11.8 Å². The number of aromatic nitrogens is 2. The standard InChI is InChI=1S/C14H21N3O4/c1-2-4-11-16-13(21-17-11)6-3-5-12(18)15-10-7-9(8-10)14(19)20/h9-10H,2-8H2,1H3,(H,15,18)(H,19,20). The third-order valence-corrected chi connectivity index (χ3v) is 3.63. The van der Waals surface area contributed by atoms with Crippen LogP contribution in [0.3, 0.4) is 0 Å². The van der Waals surface area contributed by atoms with Gasteiger partial charge in [-0.1, -0.05) is 12.1 Å². The van der Waals surface area contributed by atoms with E-state index in [-0.39, 0.29) is 17.9 Å². The summed E-state index contributed by atoms with van der Waals surface area (Å²) in [5, 5.41) is 15.5. The zero-order chi connectivity index (χ0) is 15.2. The van der Waals surface area contributed by atoms with Crippen LogP contribution in [0.25, 0.3) is 0 Å². The number of hydrogen-bond donors (Lipinski definition) is 2. The van der Waals surface area contributed by atoms with Crippen molar-refractivity contribution in [1.82, 2.24) is 15.5 Å². The maximum Gasteiger partial charge on any atom is 0.306 e. The Kier molecular flexibility index (Phi) is 5.30. The predicted molar refractivity (Wildman–Crippen MR) is 73.5 cm³/mol. The number of hydrogen-bond acceptors (Lipinski definition) is 5. The molecule has 1 aliphatic rings. The molecule has 1 saturated carbocycles. The number of carboxylic acid groups (broad SMARTS) is 1. The predicted octanol–water partition coefficient (Wildman–Crippen LogP) is 1.32. The van der Waals surface area contributed by atoms with Crippen molar-refractivity contribution in [2.24, 2.45) is 5.92 Å². The lowest BCUT2D eigenvalue weighted by Gasteiger charge is -2.32. The first-order valence-electron chi connectivity index (χ1n) is 7.42. The molecule has 1 aliphatic carbocycles. The molecule has 7 heteroatoms. The molecule has 0 spiro atoms. The molecule has 1 aromatic heterocycles. The quantitative estimate of drug-likeness (QED) is 0.749. The summed E-state index contributed by atoms with van der Waals surface area (Å²) in [7, 11) is 0. The summed E-state index contributed by atoms with van der Waals surface area (Å²) in [6.07, 6.45) is 4.47. The number of nitrogens with one attached hydrogen (secondary N) is 1. The van der Waals surface area contributed by atoms with Gasteiger partial charge in [-0.15, -0.1) is 0 Å². The monoisotopic (exact) mass is 295 g/mol. The Bertz CT molecular complexity index is 494.